The van der Waals surface area contributed by atoms with Crippen LogP contribution < -0.4 is 0 Å². The molecule has 1 saturated carbocycles. The molecule has 1 N–H and O–H groups in total. The Morgan fingerprint density at radius 3 is 2.07 bits per heavy atom. The molecule has 0 amide bonds. The second-order valence-electron chi connectivity index (χ2n) is 7.96. The zero-order chi connectivity index (χ0) is 19.5. The van der Waals surface area contributed by atoms with Gasteiger partial charge in [0, 0.05) is 6.42 Å². The van der Waals surface area contributed by atoms with E-state index in [1.54, 1.807) is 0 Å². The monoisotopic (exact) mass is 379 g/mol. The number of hydrogen-bond acceptors (Lipinski definition) is 5. The van der Waals surface area contributed by atoms with E-state index in [-0.39, 0.29) is 11.3 Å². The van der Waals surface area contributed by atoms with Crippen molar-refractivity contribution in [3.63, 3.8) is 0 Å². The van der Waals surface area contributed by atoms with Crippen LogP contribution in [0.2, 0.25) is 0 Å². The van der Waals surface area contributed by atoms with Gasteiger partial charge in [0.25, 0.3) is 0 Å². The molecule has 5 heteroatoms. The van der Waals surface area contributed by atoms with Crippen LogP contribution in [0, 0.1) is 0 Å². The van der Waals surface area contributed by atoms with Gasteiger partial charge in [0.2, 0.25) is 0 Å². The molecule has 1 aliphatic carbocycles. The molecule has 2 aliphatic rings. The normalized spacial score (nSPS) is 22.7. The highest BCUT2D eigenvalue weighted by atomic mass is 16.6. The summed E-state index contributed by atoms with van der Waals surface area (Å²) in [6, 6.07) is 0. The lowest BCUT2D eigenvalue weighted by Gasteiger charge is -2.37. The average Bonchev–Trinajstić information content (AvgIpc) is 2.62. The van der Waals surface area contributed by atoms with Crippen LogP contribution in [-0.4, -0.2) is 29.0 Å². The van der Waals surface area contributed by atoms with Crippen molar-refractivity contribution in [3.8, 4) is 0 Å². The van der Waals surface area contributed by atoms with E-state index >= 15 is 0 Å². The number of esters is 1. The minimum Gasteiger partial charge on any atom is -0.511 e. The van der Waals surface area contributed by atoms with Crippen molar-refractivity contribution < 1.29 is 19.5 Å². The number of ether oxygens (including phenoxy) is 1. The molecule has 5 nitrogen and oxygen atoms in total. The highest BCUT2D eigenvalue weighted by molar-refractivity contribution is 6.20. The molecule has 0 unspecified atom stereocenters. The molecule has 0 aromatic heterocycles. The van der Waals surface area contributed by atoms with Gasteiger partial charge >= 0.3 is 5.97 Å². The molecule has 1 spiro atoms. The van der Waals surface area contributed by atoms with E-state index in [1.165, 1.54) is 44.9 Å². The largest absolute Gasteiger partial charge is 0.511 e. The Balaban J connectivity index is 2.18. The molecule has 154 valence electrons. The van der Waals surface area contributed by atoms with E-state index in [9.17, 15) is 9.90 Å². The van der Waals surface area contributed by atoms with Crippen molar-refractivity contribution in [2.75, 3.05) is 6.61 Å². The third kappa shape index (κ3) is 6.54. The SMILES string of the molecule is CCCC(=NOCC)C1=C(O)CC2(CCCCCCCCCCC2)OC1=O. The summed E-state index contributed by atoms with van der Waals surface area (Å²) in [6.07, 6.45) is 14.4. The van der Waals surface area contributed by atoms with E-state index in [2.05, 4.69) is 5.16 Å². The quantitative estimate of drug-likeness (QED) is 0.362. The number of oxime groups is 1. The highest BCUT2D eigenvalue weighted by Crippen LogP contribution is 2.38. The van der Waals surface area contributed by atoms with E-state index in [0.717, 1.165) is 32.1 Å². The zero-order valence-corrected chi connectivity index (χ0v) is 17.2. The van der Waals surface area contributed by atoms with Crippen molar-refractivity contribution >= 4 is 11.7 Å². The molecule has 1 fully saturated rings. The number of nitrogens with zero attached hydrogens (tertiary/aromatic N) is 1. The molecule has 1 aliphatic heterocycles. The van der Waals surface area contributed by atoms with Crippen LogP contribution in [0.3, 0.4) is 0 Å². The maximum atomic E-state index is 12.9. The fourth-order valence-corrected chi connectivity index (χ4v) is 4.21. The maximum Gasteiger partial charge on any atom is 0.344 e. The van der Waals surface area contributed by atoms with Gasteiger partial charge in [-0.05, 0) is 39.0 Å². The summed E-state index contributed by atoms with van der Waals surface area (Å²) in [5.41, 5.74) is 0.180. The lowest BCUT2D eigenvalue weighted by molar-refractivity contribution is -0.160. The molecule has 0 atom stereocenters. The lowest BCUT2D eigenvalue weighted by atomic mass is 9.82. The van der Waals surface area contributed by atoms with Crippen molar-refractivity contribution in [1.29, 1.82) is 0 Å². The van der Waals surface area contributed by atoms with Gasteiger partial charge in [0.15, 0.2) is 0 Å². The fourth-order valence-electron chi connectivity index (χ4n) is 4.21. The van der Waals surface area contributed by atoms with E-state index in [0.29, 0.717) is 25.2 Å². The topological polar surface area (TPSA) is 68.1 Å². The van der Waals surface area contributed by atoms with E-state index < -0.39 is 11.6 Å². The second-order valence-corrected chi connectivity index (χ2v) is 7.96. The number of rotatable bonds is 5. The van der Waals surface area contributed by atoms with Gasteiger partial charge in [-0.1, -0.05) is 63.4 Å². The molecule has 1 heterocycles. The third-order valence-electron chi connectivity index (χ3n) is 5.64. The van der Waals surface area contributed by atoms with Crippen molar-refractivity contribution in [2.45, 2.75) is 109 Å². The first-order chi connectivity index (χ1) is 13.1. The smallest absolute Gasteiger partial charge is 0.344 e. The Morgan fingerprint density at radius 2 is 1.59 bits per heavy atom. The first kappa shape index (κ1) is 21.8. The summed E-state index contributed by atoms with van der Waals surface area (Å²) in [4.78, 5) is 18.0. The molecule has 0 aromatic carbocycles. The minimum atomic E-state index is -0.549. The molecular formula is C22H37NO4. The summed E-state index contributed by atoms with van der Waals surface area (Å²) in [5.74, 6) is -0.303. The molecule has 27 heavy (non-hydrogen) atoms. The first-order valence-electron chi connectivity index (χ1n) is 11.0. The van der Waals surface area contributed by atoms with Crippen LogP contribution in [-0.2, 0) is 14.4 Å². The number of carbonyl (C=O) groups is 1. The molecule has 2 rings (SSSR count). The van der Waals surface area contributed by atoms with Gasteiger partial charge in [-0.3, -0.25) is 0 Å². The van der Waals surface area contributed by atoms with Crippen LogP contribution in [0.5, 0.6) is 0 Å². The van der Waals surface area contributed by atoms with Gasteiger partial charge in [-0.2, -0.15) is 0 Å². The Morgan fingerprint density at radius 1 is 1.04 bits per heavy atom. The molecule has 0 radical (unpaired) electrons. The van der Waals surface area contributed by atoms with Crippen molar-refractivity contribution in [3.05, 3.63) is 11.3 Å². The van der Waals surface area contributed by atoms with Crippen molar-refractivity contribution in [1.82, 2.24) is 0 Å². The van der Waals surface area contributed by atoms with Gasteiger partial charge in [-0.15, -0.1) is 0 Å². The predicted molar refractivity (Wildman–Crippen MR) is 108 cm³/mol. The van der Waals surface area contributed by atoms with Crippen molar-refractivity contribution in [2.24, 2.45) is 5.16 Å². The summed E-state index contributed by atoms with van der Waals surface area (Å²) in [7, 11) is 0. The maximum absolute atomic E-state index is 12.9. The van der Waals surface area contributed by atoms with Crippen LogP contribution in [0.1, 0.15) is 104 Å². The van der Waals surface area contributed by atoms with Crippen LogP contribution in [0.4, 0.5) is 0 Å². The molecule has 0 saturated heterocycles. The van der Waals surface area contributed by atoms with Gasteiger partial charge in [0.05, 0.1) is 5.71 Å². The summed E-state index contributed by atoms with van der Waals surface area (Å²) < 4.78 is 6.02. The van der Waals surface area contributed by atoms with E-state index in [1.807, 2.05) is 13.8 Å². The van der Waals surface area contributed by atoms with Gasteiger partial charge in [0.1, 0.15) is 23.5 Å². The third-order valence-corrected chi connectivity index (χ3v) is 5.64. The zero-order valence-electron chi connectivity index (χ0n) is 17.2. The fraction of sp³-hybridized carbons (Fsp3) is 0.818. The van der Waals surface area contributed by atoms with Crippen LogP contribution in [0.15, 0.2) is 16.5 Å². The van der Waals surface area contributed by atoms with Gasteiger partial charge in [-0.25, -0.2) is 4.79 Å². The minimum absolute atomic E-state index is 0.130. The lowest BCUT2D eigenvalue weighted by Crippen LogP contribution is -2.41. The van der Waals surface area contributed by atoms with Crippen LogP contribution >= 0.6 is 0 Å². The van der Waals surface area contributed by atoms with Crippen LogP contribution in [0.25, 0.3) is 0 Å². The Labute approximate surface area is 164 Å². The summed E-state index contributed by atoms with van der Waals surface area (Å²) in [5, 5.41) is 14.9. The Kier molecular flexibility index (Phi) is 9.16. The Bertz CT molecular complexity index is 526. The highest BCUT2D eigenvalue weighted by Gasteiger charge is 2.42. The Hall–Kier alpha value is -1.52. The van der Waals surface area contributed by atoms with Gasteiger partial charge < -0.3 is 14.7 Å². The second kappa shape index (κ2) is 11.4. The van der Waals surface area contributed by atoms with E-state index in [4.69, 9.17) is 9.57 Å². The summed E-state index contributed by atoms with van der Waals surface area (Å²) >= 11 is 0. The number of hydrogen-bond donors (Lipinski definition) is 1. The molecule has 0 aromatic rings. The molecule has 0 bridgehead atoms. The predicted octanol–water partition coefficient (Wildman–Crippen LogP) is 5.98. The first-order valence-corrected chi connectivity index (χ1v) is 11.0. The number of carbonyl (C=O) groups excluding carboxylic acids is 1. The average molecular weight is 380 g/mol. The number of aliphatic hydroxyl groups is 1. The molecular weight excluding hydrogens is 342 g/mol. The standard InChI is InChI=1S/C22H37NO4/c1-3-14-18(23-26-4-2)20-19(24)17-22(27-21(20)25)15-12-10-8-6-5-7-9-11-13-16-22/h24H,3-17H2,1-2H3. The summed E-state index contributed by atoms with van der Waals surface area (Å²) in [6.45, 7) is 4.29. The number of aliphatic hydroxyl groups excluding tert-OH is 1.